The molecule has 1 heterocycles. The van der Waals surface area contributed by atoms with Crippen LogP contribution in [-0.2, 0) is 12.7 Å². The summed E-state index contributed by atoms with van der Waals surface area (Å²) in [7, 11) is 0. The fourth-order valence-corrected chi connectivity index (χ4v) is 2.26. The molecule has 0 saturated heterocycles. The Bertz CT molecular complexity index is 999. The molecule has 0 radical (unpaired) electrons. The van der Waals surface area contributed by atoms with Crippen LogP contribution in [0.4, 0.5) is 24.5 Å². The highest BCUT2D eigenvalue weighted by Crippen LogP contribution is 2.34. The van der Waals surface area contributed by atoms with Crippen molar-refractivity contribution in [3.05, 3.63) is 55.8 Å². The van der Waals surface area contributed by atoms with Gasteiger partial charge in [0.2, 0.25) is 0 Å². The Morgan fingerprint density at radius 1 is 1.16 bits per heavy atom. The predicted molar refractivity (Wildman–Crippen MR) is 81.7 cm³/mol. The number of hydrogen-bond acceptors (Lipinski definition) is 7. The van der Waals surface area contributed by atoms with E-state index in [0.29, 0.717) is 0 Å². The Morgan fingerprint density at radius 2 is 1.80 bits per heavy atom. The van der Waals surface area contributed by atoms with Gasteiger partial charge in [-0.15, -0.1) is 0 Å². The van der Waals surface area contributed by atoms with Gasteiger partial charge in [0.15, 0.2) is 5.76 Å². The van der Waals surface area contributed by atoms with E-state index >= 15 is 0 Å². The molecular formula is C15H10F3N3O4. The third kappa shape index (κ3) is 2.82. The molecule has 0 unspecified atom stereocenters. The van der Waals surface area contributed by atoms with Crippen LogP contribution in [0.25, 0.3) is 11.3 Å². The second-order valence-corrected chi connectivity index (χ2v) is 5.19. The van der Waals surface area contributed by atoms with Crippen LogP contribution in [-0.4, -0.2) is 10.3 Å². The number of nitrogen functional groups attached to an aromatic ring is 1. The normalized spacial score (nSPS) is 11.8. The first-order valence-corrected chi connectivity index (χ1v) is 6.88. The molecule has 0 aliphatic carbocycles. The number of aromatic hydroxyl groups is 1. The maximum atomic E-state index is 12.6. The summed E-state index contributed by atoms with van der Waals surface area (Å²) >= 11 is 0. The summed E-state index contributed by atoms with van der Waals surface area (Å²) in [5.41, 5.74) is 2.98. The molecule has 3 aromatic rings. The number of anilines is 2. The van der Waals surface area contributed by atoms with Crippen molar-refractivity contribution < 1.29 is 22.8 Å². The number of benzene rings is 1. The molecule has 7 nitrogen and oxygen atoms in total. The van der Waals surface area contributed by atoms with Crippen molar-refractivity contribution in [2.75, 3.05) is 11.1 Å². The lowest BCUT2D eigenvalue weighted by atomic mass is 10.1. The van der Waals surface area contributed by atoms with Crippen LogP contribution in [0.5, 0.6) is 5.88 Å². The van der Waals surface area contributed by atoms with E-state index in [-0.39, 0.29) is 34.8 Å². The molecule has 3 rings (SSSR count). The standard InChI is InChI=1S/C15H10F3N3O4/c16-15(17,18)7-3-1-6(2-4-7)13-8(14(24)21-25-13)5-20-10-9(19)11(22)12(10)23/h1-4,20H,5,19H2,(H,21,24). The lowest BCUT2D eigenvalue weighted by molar-refractivity contribution is -0.137. The minimum absolute atomic E-state index is 0.0241. The van der Waals surface area contributed by atoms with Crippen molar-refractivity contribution in [3.8, 4) is 17.2 Å². The van der Waals surface area contributed by atoms with E-state index in [4.69, 9.17) is 10.3 Å². The highest BCUT2D eigenvalue weighted by Gasteiger charge is 2.30. The van der Waals surface area contributed by atoms with Crippen molar-refractivity contribution in [3.63, 3.8) is 0 Å². The van der Waals surface area contributed by atoms with Crippen LogP contribution in [0.2, 0.25) is 0 Å². The lowest BCUT2D eigenvalue weighted by Gasteiger charge is -2.10. The van der Waals surface area contributed by atoms with Gasteiger partial charge in [0.1, 0.15) is 11.4 Å². The summed E-state index contributed by atoms with van der Waals surface area (Å²) < 4.78 is 42.8. The Kier molecular flexibility index (Phi) is 3.74. The largest absolute Gasteiger partial charge is 0.491 e. The summed E-state index contributed by atoms with van der Waals surface area (Å²) in [6, 6.07) is 4.05. The van der Waals surface area contributed by atoms with Gasteiger partial charge in [-0.25, -0.2) is 0 Å². The van der Waals surface area contributed by atoms with Crippen molar-refractivity contribution >= 4 is 11.4 Å². The molecule has 0 bridgehead atoms. The molecule has 4 N–H and O–H groups in total. The molecule has 0 saturated carbocycles. The number of hydrogen-bond donors (Lipinski definition) is 3. The van der Waals surface area contributed by atoms with Crippen molar-refractivity contribution in [1.82, 2.24) is 5.16 Å². The number of rotatable bonds is 4. The molecule has 0 spiro atoms. The second-order valence-electron chi connectivity index (χ2n) is 5.19. The minimum Gasteiger partial charge on any atom is -0.491 e. The number of nitrogens with two attached hydrogens (primary N) is 1. The van der Waals surface area contributed by atoms with Gasteiger partial charge in [0, 0.05) is 12.1 Å². The summed E-state index contributed by atoms with van der Waals surface area (Å²) in [5, 5.41) is 15.7. The fourth-order valence-electron chi connectivity index (χ4n) is 2.26. The number of halogens is 3. The summed E-state index contributed by atoms with van der Waals surface area (Å²) in [6.45, 7) is -0.166. The first-order valence-electron chi connectivity index (χ1n) is 6.88. The Balaban J connectivity index is 1.87. The molecule has 130 valence electrons. The Labute approximate surface area is 137 Å². The Hall–Kier alpha value is -3.30. The van der Waals surface area contributed by atoms with Gasteiger partial charge in [0.05, 0.1) is 11.1 Å². The van der Waals surface area contributed by atoms with E-state index < -0.39 is 28.5 Å². The van der Waals surface area contributed by atoms with Crippen LogP contribution in [0, 0.1) is 0 Å². The zero-order valence-electron chi connectivity index (χ0n) is 12.3. The van der Waals surface area contributed by atoms with Gasteiger partial charge < -0.3 is 20.7 Å². The van der Waals surface area contributed by atoms with Crippen molar-refractivity contribution in [2.45, 2.75) is 12.7 Å². The molecular weight excluding hydrogens is 343 g/mol. The number of nitrogens with zero attached hydrogens (tertiary/aromatic N) is 1. The molecule has 25 heavy (non-hydrogen) atoms. The topological polar surface area (TPSA) is 118 Å². The molecule has 10 heteroatoms. The SMILES string of the molecule is Nc1c(NCc2c(O)noc2-c2ccc(C(F)(F)F)cc2)c(=O)c1=O. The fraction of sp³-hybridized carbons (Fsp3) is 0.133. The van der Waals surface area contributed by atoms with E-state index in [0.717, 1.165) is 24.3 Å². The van der Waals surface area contributed by atoms with Gasteiger partial charge >= 0.3 is 6.18 Å². The lowest BCUT2D eigenvalue weighted by Crippen LogP contribution is -2.36. The summed E-state index contributed by atoms with van der Waals surface area (Å²) in [5.74, 6) is -0.476. The van der Waals surface area contributed by atoms with Crippen LogP contribution in [0.3, 0.4) is 0 Å². The second kappa shape index (κ2) is 5.65. The molecule has 0 aliphatic heterocycles. The smallest absolute Gasteiger partial charge is 0.416 e. The van der Waals surface area contributed by atoms with E-state index in [1.807, 2.05) is 0 Å². The average molecular weight is 353 g/mol. The number of nitrogens with one attached hydrogen (secondary N) is 1. The maximum Gasteiger partial charge on any atom is 0.416 e. The third-order valence-electron chi connectivity index (χ3n) is 3.63. The van der Waals surface area contributed by atoms with E-state index in [2.05, 4.69) is 10.5 Å². The van der Waals surface area contributed by atoms with Crippen LogP contribution < -0.4 is 21.9 Å². The number of aromatic nitrogens is 1. The third-order valence-corrected chi connectivity index (χ3v) is 3.63. The molecule has 0 amide bonds. The van der Waals surface area contributed by atoms with E-state index in [1.54, 1.807) is 0 Å². The van der Waals surface area contributed by atoms with Gasteiger partial charge in [-0.1, -0.05) is 12.1 Å². The zero-order valence-corrected chi connectivity index (χ0v) is 12.3. The van der Waals surface area contributed by atoms with Crippen LogP contribution in [0.15, 0.2) is 38.4 Å². The molecule has 0 atom stereocenters. The quantitative estimate of drug-likeness (QED) is 0.613. The Morgan fingerprint density at radius 3 is 2.36 bits per heavy atom. The predicted octanol–water partition coefficient (Wildman–Crippen LogP) is 1.86. The van der Waals surface area contributed by atoms with E-state index in [9.17, 15) is 27.9 Å². The highest BCUT2D eigenvalue weighted by molar-refractivity contribution is 5.72. The first kappa shape index (κ1) is 16.6. The van der Waals surface area contributed by atoms with Gasteiger partial charge in [0.25, 0.3) is 16.7 Å². The van der Waals surface area contributed by atoms with Crippen molar-refractivity contribution in [2.24, 2.45) is 0 Å². The molecule has 0 fully saturated rings. The van der Waals surface area contributed by atoms with Gasteiger partial charge in [-0.05, 0) is 17.3 Å². The first-order chi connectivity index (χ1) is 11.7. The minimum atomic E-state index is -4.48. The van der Waals surface area contributed by atoms with Gasteiger partial charge in [-0.2, -0.15) is 13.2 Å². The highest BCUT2D eigenvalue weighted by atomic mass is 19.4. The van der Waals surface area contributed by atoms with Crippen LogP contribution >= 0.6 is 0 Å². The molecule has 0 aliphatic rings. The summed E-state index contributed by atoms with van der Waals surface area (Å²) in [4.78, 5) is 22.4. The van der Waals surface area contributed by atoms with Crippen molar-refractivity contribution in [1.29, 1.82) is 0 Å². The molecule has 2 aromatic carbocycles. The molecule has 1 aromatic heterocycles. The summed E-state index contributed by atoms with van der Waals surface area (Å²) in [6.07, 6.45) is -4.48. The van der Waals surface area contributed by atoms with Crippen LogP contribution in [0.1, 0.15) is 11.1 Å². The number of alkyl halides is 3. The average Bonchev–Trinajstić information content (AvgIpc) is 2.94. The van der Waals surface area contributed by atoms with Gasteiger partial charge in [-0.3, -0.25) is 9.59 Å². The monoisotopic (exact) mass is 353 g/mol. The maximum absolute atomic E-state index is 12.6. The van der Waals surface area contributed by atoms with E-state index in [1.165, 1.54) is 0 Å². The zero-order chi connectivity index (χ0) is 18.4.